The minimum absolute atomic E-state index is 0.0567. The van der Waals surface area contributed by atoms with E-state index in [4.69, 9.17) is 5.11 Å². The number of carbonyl (C=O) groups is 3. The maximum absolute atomic E-state index is 12.6. The largest absolute Gasteiger partial charge is 0.481 e. The van der Waals surface area contributed by atoms with Gasteiger partial charge in [0.05, 0.1) is 5.92 Å². The zero-order valence-corrected chi connectivity index (χ0v) is 16.1. The van der Waals surface area contributed by atoms with Crippen LogP contribution in [0.15, 0.2) is 30.3 Å². The van der Waals surface area contributed by atoms with E-state index in [1.165, 1.54) is 0 Å². The number of carboxylic acid groups (broad SMARTS) is 1. The van der Waals surface area contributed by atoms with Crippen LogP contribution < -0.4 is 10.6 Å². The molecular weight excluding hydrogens is 358 g/mol. The van der Waals surface area contributed by atoms with E-state index in [0.717, 1.165) is 19.4 Å². The van der Waals surface area contributed by atoms with Crippen LogP contribution in [-0.4, -0.2) is 53.6 Å². The van der Waals surface area contributed by atoms with Crippen molar-refractivity contribution in [1.82, 2.24) is 15.5 Å². The van der Waals surface area contributed by atoms with Crippen LogP contribution >= 0.6 is 0 Å². The summed E-state index contributed by atoms with van der Waals surface area (Å²) >= 11 is 0. The number of piperidine rings is 1. The highest BCUT2D eigenvalue weighted by Gasteiger charge is 2.29. The fraction of sp³-hybridized carbons (Fsp3) is 0.571. The summed E-state index contributed by atoms with van der Waals surface area (Å²) in [6, 6.07) is 9.11. The van der Waals surface area contributed by atoms with Gasteiger partial charge in [-0.2, -0.15) is 0 Å². The van der Waals surface area contributed by atoms with E-state index in [1.807, 2.05) is 23.1 Å². The van der Waals surface area contributed by atoms with E-state index < -0.39 is 5.97 Å². The molecular formula is C21H29N3O4. The highest BCUT2D eigenvalue weighted by atomic mass is 16.4. The lowest BCUT2D eigenvalue weighted by Gasteiger charge is -2.35. The lowest BCUT2D eigenvalue weighted by Crippen LogP contribution is -2.50. The molecule has 1 aliphatic carbocycles. The predicted molar refractivity (Wildman–Crippen MR) is 105 cm³/mol. The van der Waals surface area contributed by atoms with Gasteiger partial charge >= 0.3 is 12.0 Å². The van der Waals surface area contributed by atoms with Crippen molar-refractivity contribution in [2.45, 2.75) is 44.6 Å². The third kappa shape index (κ3) is 5.47. The maximum atomic E-state index is 12.6. The van der Waals surface area contributed by atoms with Crippen LogP contribution in [0.3, 0.4) is 0 Å². The average molecular weight is 387 g/mol. The van der Waals surface area contributed by atoms with E-state index in [0.29, 0.717) is 44.3 Å². The van der Waals surface area contributed by atoms with Crippen molar-refractivity contribution >= 4 is 17.9 Å². The predicted octanol–water partition coefficient (Wildman–Crippen LogP) is 2.48. The molecule has 1 aromatic rings. The number of rotatable bonds is 5. The molecule has 1 aromatic carbocycles. The van der Waals surface area contributed by atoms with Gasteiger partial charge < -0.3 is 20.6 Å². The second-order valence-electron chi connectivity index (χ2n) is 7.87. The van der Waals surface area contributed by atoms with Crippen molar-refractivity contribution in [2.75, 3.05) is 19.6 Å². The van der Waals surface area contributed by atoms with Crippen molar-refractivity contribution in [3.8, 4) is 0 Å². The summed E-state index contributed by atoms with van der Waals surface area (Å²) in [4.78, 5) is 37.7. The Morgan fingerprint density at radius 1 is 1.04 bits per heavy atom. The smallest absolute Gasteiger partial charge is 0.317 e. The molecule has 1 unspecified atom stereocenters. The number of nitrogens with one attached hydrogen (secondary N) is 2. The van der Waals surface area contributed by atoms with Crippen LogP contribution in [0.4, 0.5) is 4.79 Å². The van der Waals surface area contributed by atoms with Crippen LogP contribution in [-0.2, 0) is 4.79 Å². The summed E-state index contributed by atoms with van der Waals surface area (Å²) < 4.78 is 0. The second kappa shape index (κ2) is 9.57. The number of urea groups is 1. The van der Waals surface area contributed by atoms with Crippen LogP contribution in [0.1, 0.15) is 48.9 Å². The van der Waals surface area contributed by atoms with E-state index in [9.17, 15) is 14.4 Å². The number of carboxylic acids is 1. The SMILES string of the molecule is O=C(NCC1CCCN(C(=O)NC2CCC(C(=O)O)CC2)C1)c1ccccc1. The first-order chi connectivity index (χ1) is 13.5. The standard InChI is InChI=1S/C21H29N3O4/c25-19(16-6-2-1-3-7-16)22-13-15-5-4-12-24(14-15)21(28)23-18-10-8-17(9-11-18)20(26)27/h1-3,6-7,15,17-18H,4-5,8-14H2,(H,22,25)(H,23,28)(H,26,27). The molecule has 1 saturated heterocycles. The van der Waals surface area contributed by atoms with E-state index >= 15 is 0 Å². The van der Waals surface area contributed by atoms with E-state index in [1.54, 1.807) is 12.1 Å². The van der Waals surface area contributed by atoms with Crippen LogP contribution in [0.5, 0.6) is 0 Å². The van der Waals surface area contributed by atoms with Crippen LogP contribution in [0, 0.1) is 11.8 Å². The van der Waals surface area contributed by atoms with Gasteiger partial charge in [0.25, 0.3) is 5.91 Å². The Kier molecular flexibility index (Phi) is 6.90. The van der Waals surface area contributed by atoms with Crippen LogP contribution in [0.2, 0.25) is 0 Å². The molecule has 28 heavy (non-hydrogen) atoms. The summed E-state index contributed by atoms with van der Waals surface area (Å²) in [5.74, 6) is -0.853. The molecule has 1 aliphatic heterocycles. The molecule has 152 valence electrons. The molecule has 1 saturated carbocycles. The van der Waals surface area contributed by atoms with Crippen molar-refractivity contribution in [3.05, 3.63) is 35.9 Å². The number of carbonyl (C=O) groups excluding carboxylic acids is 2. The van der Waals surface area contributed by atoms with Gasteiger partial charge in [-0.3, -0.25) is 9.59 Å². The molecule has 2 fully saturated rings. The quantitative estimate of drug-likeness (QED) is 0.723. The lowest BCUT2D eigenvalue weighted by molar-refractivity contribution is -0.142. The van der Waals surface area contributed by atoms with Gasteiger partial charge in [0.15, 0.2) is 0 Å². The first-order valence-electron chi connectivity index (χ1n) is 10.1. The minimum atomic E-state index is -0.735. The number of aliphatic carboxylic acids is 1. The molecule has 0 bridgehead atoms. The van der Waals surface area contributed by atoms with Crippen LogP contribution in [0.25, 0.3) is 0 Å². The number of hydrogen-bond acceptors (Lipinski definition) is 3. The molecule has 2 aliphatic rings. The Morgan fingerprint density at radius 3 is 2.43 bits per heavy atom. The number of hydrogen-bond donors (Lipinski definition) is 3. The number of amides is 3. The molecule has 0 spiro atoms. The van der Waals surface area contributed by atoms with Crippen molar-refractivity contribution in [1.29, 1.82) is 0 Å². The molecule has 7 nitrogen and oxygen atoms in total. The molecule has 1 atom stereocenters. The molecule has 3 amide bonds. The third-order valence-corrected chi connectivity index (χ3v) is 5.80. The Labute approximate surface area is 165 Å². The minimum Gasteiger partial charge on any atom is -0.481 e. The van der Waals surface area contributed by atoms with Gasteiger partial charge in [0.1, 0.15) is 0 Å². The molecule has 0 radical (unpaired) electrons. The monoisotopic (exact) mass is 387 g/mol. The third-order valence-electron chi connectivity index (χ3n) is 5.80. The summed E-state index contributed by atoms with van der Waals surface area (Å²) in [6.45, 7) is 1.91. The molecule has 3 N–H and O–H groups in total. The molecule has 0 aromatic heterocycles. The van der Waals surface area contributed by atoms with Crippen molar-refractivity contribution in [2.24, 2.45) is 11.8 Å². The lowest BCUT2D eigenvalue weighted by atomic mass is 9.86. The molecule has 7 heteroatoms. The molecule has 1 heterocycles. The zero-order valence-electron chi connectivity index (χ0n) is 16.1. The fourth-order valence-corrected chi connectivity index (χ4v) is 4.10. The Bertz CT molecular complexity index is 686. The summed E-state index contributed by atoms with van der Waals surface area (Å²) in [5.41, 5.74) is 0.643. The maximum Gasteiger partial charge on any atom is 0.317 e. The topological polar surface area (TPSA) is 98.7 Å². The fourth-order valence-electron chi connectivity index (χ4n) is 4.10. The van der Waals surface area contributed by atoms with Gasteiger partial charge in [0, 0.05) is 31.2 Å². The average Bonchev–Trinajstić information content (AvgIpc) is 2.73. The number of benzene rings is 1. The summed E-state index contributed by atoms with van der Waals surface area (Å²) in [6.07, 6.45) is 4.58. The van der Waals surface area contributed by atoms with Gasteiger partial charge in [-0.15, -0.1) is 0 Å². The Morgan fingerprint density at radius 2 is 1.75 bits per heavy atom. The highest BCUT2D eigenvalue weighted by molar-refractivity contribution is 5.94. The van der Waals surface area contributed by atoms with Gasteiger partial charge in [-0.1, -0.05) is 18.2 Å². The first-order valence-corrected chi connectivity index (χ1v) is 10.1. The summed E-state index contributed by atoms with van der Waals surface area (Å²) in [7, 11) is 0. The Balaban J connectivity index is 1.42. The van der Waals surface area contributed by atoms with Gasteiger partial charge in [-0.05, 0) is 56.6 Å². The second-order valence-corrected chi connectivity index (χ2v) is 7.87. The zero-order chi connectivity index (χ0) is 19.9. The Hall–Kier alpha value is -2.57. The highest BCUT2D eigenvalue weighted by Crippen LogP contribution is 2.25. The molecule has 3 rings (SSSR count). The van der Waals surface area contributed by atoms with Crippen molar-refractivity contribution in [3.63, 3.8) is 0 Å². The summed E-state index contributed by atoms with van der Waals surface area (Å²) in [5, 5.41) is 15.1. The normalized spacial score (nSPS) is 25.0. The number of likely N-dealkylation sites (tertiary alicyclic amines) is 1. The van der Waals surface area contributed by atoms with Gasteiger partial charge in [-0.25, -0.2) is 4.79 Å². The number of nitrogens with zero attached hydrogens (tertiary/aromatic N) is 1. The van der Waals surface area contributed by atoms with Gasteiger partial charge in [0.2, 0.25) is 0 Å². The first kappa shape index (κ1) is 20.2. The van der Waals surface area contributed by atoms with E-state index in [2.05, 4.69) is 10.6 Å². The van der Waals surface area contributed by atoms with Crippen molar-refractivity contribution < 1.29 is 19.5 Å². The van der Waals surface area contributed by atoms with E-state index in [-0.39, 0.29) is 29.8 Å².